The predicted molar refractivity (Wildman–Crippen MR) is 118 cm³/mol. The Kier molecular flexibility index (Phi) is 6.76. The fraction of sp³-hybridized carbons (Fsp3) is 0.318. The van der Waals surface area contributed by atoms with Crippen LogP contribution < -0.4 is 15.4 Å². The fourth-order valence-corrected chi connectivity index (χ4v) is 4.82. The molecule has 6 nitrogen and oxygen atoms in total. The second-order valence-electron chi connectivity index (χ2n) is 7.15. The molecule has 2 heterocycles. The van der Waals surface area contributed by atoms with Crippen LogP contribution in [0.25, 0.3) is 0 Å². The van der Waals surface area contributed by atoms with Crippen molar-refractivity contribution in [2.75, 3.05) is 0 Å². The van der Waals surface area contributed by atoms with Gasteiger partial charge in [0.15, 0.2) is 0 Å². The number of thiophene rings is 1. The number of benzene rings is 1. The maximum atomic E-state index is 12.7. The number of nitrogens with one attached hydrogen (secondary N) is 2. The van der Waals surface area contributed by atoms with Gasteiger partial charge in [0.2, 0.25) is 0 Å². The number of amides is 2. The van der Waals surface area contributed by atoms with Gasteiger partial charge in [-0.05, 0) is 36.4 Å². The van der Waals surface area contributed by atoms with Crippen LogP contribution >= 0.6 is 22.7 Å². The van der Waals surface area contributed by atoms with E-state index in [2.05, 4.69) is 15.6 Å². The Bertz CT molecular complexity index is 973. The number of aromatic nitrogens is 1. The second kappa shape index (κ2) is 9.86. The van der Waals surface area contributed by atoms with E-state index in [9.17, 15) is 9.59 Å². The first-order valence-corrected chi connectivity index (χ1v) is 11.7. The van der Waals surface area contributed by atoms with E-state index in [-0.39, 0.29) is 23.9 Å². The van der Waals surface area contributed by atoms with Gasteiger partial charge in [0.25, 0.3) is 11.8 Å². The van der Waals surface area contributed by atoms with Crippen molar-refractivity contribution in [1.82, 2.24) is 15.6 Å². The second-order valence-corrected chi connectivity index (χ2v) is 9.04. The Hall–Kier alpha value is -2.71. The molecule has 2 aromatic heterocycles. The zero-order valence-corrected chi connectivity index (χ0v) is 18.0. The minimum Gasteiger partial charge on any atom is -0.486 e. The quantitative estimate of drug-likeness (QED) is 0.574. The molecule has 2 N–H and O–H groups in total. The summed E-state index contributed by atoms with van der Waals surface area (Å²) in [7, 11) is 0. The van der Waals surface area contributed by atoms with Gasteiger partial charge in [-0.3, -0.25) is 9.59 Å². The van der Waals surface area contributed by atoms with Gasteiger partial charge in [0, 0.05) is 17.5 Å². The average molecular weight is 442 g/mol. The summed E-state index contributed by atoms with van der Waals surface area (Å²) in [4.78, 5) is 30.3. The van der Waals surface area contributed by atoms with Gasteiger partial charge in [-0.25, -0.2) is 4.98 Å². The smallest absolute Gasteiger partial charge is 0.271 e. The maximum absolute atomic E-state index is 12.7. The predicted octanol–water partition coefficient (Wildman–Crippen LogP) is 4.25. The molecular weight excluding hydrogens is 418 g/mol. The highest BCUT2D eigenvalue weighted by Gasteiger charge is 2.29. The molecule has 0 aliphatic heterocycles. The minimum atomic E-state index is -0.209. The van der Waals surface area contributed by atoms with Crippen molar-refractivity contribution in [2.24, 2.45) is 0 Å². The molecule has 30 heavy (non-hydrogen) atoms. The van der Waals surface area contributed by atoms with Crippen LogP contribution in [0.3, 0.4) is 0 Å². The fourth-order valence-electron chi connectivity index (χ4n) is 3.51. The third-order valence-corrected chi connectivity index (χ3v) is 6.72. The molecule has 1 fully saturated rings. The molecule has 1 aliphatic rings. The Balaban J connectivity index is 1.33. The van der Waals surface area contributed by atoms with Gasteiger partial charge in [0.1, 0.15) is 23.1 Å². The molecule has 1 saturated carbocycles. The topological polar surface area (TPSA) is 80.3 Å². The molecule has 3 aromatic rings. The van der Waals surface area contributed by atoms with Crippen LogP contribution in [0.2, 0.25) is 0 Å². The van der Waals surface area contributed by atoms with E-state index in [1.807, 2.05) is 47.8 Å². The van der Waals surface area contributed by atoms with Gasteiger partial charge in [-0.15, -0.1) is 22.7 Å². The van der Waals surface area contributed by atoms with Gasteiger partial charge in [0.05, 0.1) is 4.88 Å². The maximum Gasteiger partial charge on any atom is 0.271 e. The number of hydrogen-bond acceptors (Lipinski definition) is 6. The lowest BCUT2D eigenvalue weighted by Crippen LogP contribution is -2.53. The molecule has 1 aromatic carbocycles. The largest absolute Gasteiger partial charge is 0.486 e. The molecule has 2 amide bonds. The number of para-hydroxylation sites is 1. The normalized spacial score (nSPS) is 18.5. The summed E-state index contributed by atoms with van der Waals surface area (Å²) in [6, 6.07) is 13.0. The lowest BCUT2D eigenvalue weighted by atomic mass is 9.90. The van der Waals surface area contributed by atoms with Gasteiger partial charge >= 0.3 is 0 Å². The van der Waals surface area contributed by atoms with Crippen LogP contribution in [0, 0.1) is 0 Å². The van der Waals surface area contributed by atoms with Crippen LogP contribution in [-0.2, 0) is 6.61 Å². The Morgan fingerprint density at radius 2 is 1.70 bits per heavy atom. The Morgan fingerprint density at radius 3 is 2.40 bits per heavy atom. The van der Waals surface area contributed by atoms with E-state index in [0.717, 1.165) is 36.4 Å². The lowest BCUT2D eigenvalue weighted by molar-refractivity contribution is 0.0862. The van der Waals surface area contributed by atoms with Gasteiger partial charge in [-0.1, -0.05) is 37.1 Å². The minimum absolute atomic E-state index is 0.0724. The van der Waals surface area contributed by atoms with Crippen LogP contribution in [-0.4, -0.2) is 28.9 Å². The van der Waals surface area contributed by atoms with Crippen molar-refractivity contribution >= 4 is 34.5 Å². The molecule has 0 saturated heterocycles. The molecule has 156 valence electrons. The molecule has 1 aliphatic carbocycles. The number of rotatable bonds is 7. The number of thiazole rings is 1. The number of hydrogen-bond donors (Lipinski definition) is 2. The lowest BCUT2D eigenvalue weighted by Gasteiger charge is -2.32. The first-order valence-electron chi connectivity index (χ1n) is 9.96. The van der Waals surface area contributed by atoms with E-state index in [4.69, 9.17) is 4.74 Å². The van der Waals surface area contributed by atoms with Crippen molar-refractivity contribution in [1.29, 1.82) is 0 Å². The highest BCUT2D eigenvalue weighted by atomic mass is 32.1. The SMILES string of the molecule is O=C(N[C@@H]1CCCC[C@H]1NC(=O)c1cccs1)c1csc(COc2ccccc2)n1. The third-order valence-electron chi connectivity index (χ3n) is 5.03. The zero-order valence-electron chi connectivity index (χ0n) is 16.4. The van der Waals surface area contributed by atoms with E-state index < -0.39 is 0 Å². The number of ether oxygens (including phenoxy) is 1. The van der Waals surface area contributed by atoms with E-state index >= 15 is 0 Å². The van der Waals surface area contributed by atoms with Crippen LogP contribution in [0.15, 0.2) is 53.2 Å². The molecule has 4 rings (SSSR count). The summed E-state index contributed by atoms with van der Waals surface area (Å²) in [5.41, 5.74) is 0.389. The van der Waals surface area contributed by atoms with Crippen LogP contribution in [0.1, 0.15) is 50.9 Å². The molecule has 2 atom stereocenters. The van der Waals surface area contributed by atoms with Crippen molar-refractivity contribution in [3.8, 4) is 5.75 Å². The summed E-state index contributed by atoms with van der Waals surface area (Å²) in [6.07, 6.45) is 3.77. The van der Waals surface area contributed by atoms with E-state index in [0.29, 0.717) is 17.2 Å². The molecule has 0 radical (unpaired) electrons. The van der Waals surface area contributed by atoms with Crippen molar-refractivity contribution in [2.45, 2.75) is 44.4 Å². The molecule has 0 bridgehead atoms. The van der Waals surface area contributed by atoms with Crippen LogP contribution in [0.4, 0.5) is 0 Å². The highest BCUT2D eigenvalue weighted by Crippen LogP contribution is 2.21. The first-order chi connectivity index (χ1) is 14.7. The zero-order chi connectivity index (χ0) is 20.8. The molecular formula is C22H23N3O3S2. The Morgan fingerprint density at radius 1 is 0.967 bits per heavy atom. The first kappa shape index (κ1) is 20.6. The van der Waals surface area contributed by atoms with Crippen molar-refractivity contribution < 1.29 is 14.3 Å². The average Bonchev–Trinajstić information content (AvgIpc) is 3.47. The summed E-state index contributed by atoms with van der Waals surface area (Å²) in [5, 5.41) is 10.5. The Labute approximate surface area is 183 Å². The number of nitrogens with zero attached hydrogens (tertiary/aromatic N) is 1. The number of carbonyl (C=O) groups is 2. The molecule has 0 spiro atoms. The van der Waals surface area contributed by atoms with E-state index in [1.54, 1.807) is 5.38 Å². The summed E-state index contributed by atoms with van der Waals surface area (Å²) < 4.78 is 5.70. The molecule has 8 heteroatoms. The van der Waals surface area contributed by atoms with E-state index in [1.165, 1.54) is 22.7 Å². The standard InChI is InChI=1S/C22H23N3O3S2/c26-21(18-14-30-20(23-18)13-28-15-7-2-1-3-8-15)24-16-9-4-5-10-17(16)25-22(27)19-11-6-12-29-19/h1-3,6-8,11-12,14,16-17H,4-5,9-10,13H2,(H,24,26)(H,25,27)/t16-,17-/m1/s1. The third kappa shape index (κ3) is 5.25. The summed E-state index contributed by atoms with van der Waals surface area (Å²) >= 11 is 2.82. The molecule has 0 unspecified atom stereocenters. The van der Waals surface area contributed by atoms with Crippen LogP contribution in [0.5, 0.6) is 5.75 Å². The monoisotopic (exact) mass is 441 g/mol. The highest BCUT2D eigenvalue weighted by molar-refractivity contribution is 7.12. The van der Waals surface area contributed by atoms with Gasteiger partial charge in [-0.2, -0.15) is 0 Å². The van der Waals surface area contributed by atoms with Gasteiger partial charge < -0.3 is 15.4 Å². The summed E-state index contributed by atoms with van der Waals surface area (Å²) in [5.74, 6) is 0.481. The summed E-state index contributed by atoms with van der Waals surface area (Å²) in [6.45, 7) is 0.324. The van der Waals surface area contributed by atoms with Crippen molar-refractivity contribution in [3.05, 3.63) is 68.8 Å². The number of carbonyl (C=O) groups excluding carboxylic acids is 2. The van der Waals surface area contributed by atoms with Crippen molar-refractivity contribution in [3.63, 3.8) is 0 Å².